The molecule has 5 heteroatoms. The summed E-state index contributed by atoms with van der Waals surface area (Å²) in [4.78, 5) is 0.761. The first-order valence-corrected chi connectivity index (χ1v) is 8.97. The van der Waals surface area contributed by atoms with E-state index in [1.807, 2.05) is 12.1 Å². The molecule has 0 bridgehead atoms. The van der Waals surface area contributed by atoms with Crippen LogP contribution in [0.5, 0.6) is 0 Å². The Hall–Kier alpha value is -0.390. The average Bonchev–Trinajstić information content (AvgIpc) is 2.28. The predicted octanol–water partition coefficient (Wildman–Crippen LogP) is 3.34. The second kappa shape index (κ2) is 7.41. The van der Waals surface area contributed by atoms with Crippen molar-refractivity contribution < 1.29 is 8.42 Å². The number of nitrogens with one attached hydrogen (secondary N) is 1. The maximum Gasteiger partial charge on any atom is 0.240 e. The highest BCUT2D eigenvalue weighted by Gasteiger charge is 2.13. The maximum absolute atomic E-state index is 11.8. The summed E-state index contributed by atoms with van der Waals surface area (Å²) in [5.74, 6) is 0.651. The van der Waals surface area contributed by atoms with Gasteiger partial charge in [-0.1, -0.05) is 48.8 Å². The van der Waals surface area contributed by atoms with Gasteiger partial charge in [0, 0.05) is 11.4 Å². The van der Waals surface area contributed by atoms with Crippen molar-refractivity contribution in [2.75, 3.05) is 6.54 Å². The predicted molar refractivity (Wildman–Crippen MR) is 83.2 cm³/mol. The van der Waals surface area contributed by atoms with Crippen molar-refractivity contribution in [2.45, 2.75) is 43.3 Å². The monoisotopic (exact) mass is 347 g/mol. The molecule has 0 aliphatic rings. The third-order valence-electron chi connectivity index (χ3n) is 2.75. The van der Waals surface area contributed by atoms with Crippen molar-refractivity contribution >= 4 is 26.0 Å². The minimum atomic E-state index is -3.34. The summed E-state index contributed by atoms with van der Waals surface area (Å²) < 4.78 is 26.1. The Kier molecular flexibility index (Phi) is 6.50. The van der Waals surface area contributed by atoms with Crippen molar-refractivity contribution in [2.24, 2.45) is 5.92 Å². The molecule has 1 N–H and O–H groups in total. The van der Waals surface area contributed by atoms with E-state index < -0.39 is 10.0 Å². The molecular formula is C14H22BrNO2S. The van der Waals surface area contributed by atoms with Gasteiger partial charge in [0.2, 0.25) is 10.0 Å². The fourth-order valence-electron chi connectivity index (χ4n) is 1.93. The van der Waals surface area contributed by atoms with Crippen molar-refractivity contribution in [3.05, 3.63) is 29.8 Å². The summed E-state index contributed by atoms with van der Waals surface area (Å²) in [6, 6.07) is 7.11. The Morgan fingerprint density at radius 3 is 2.26 bits per heavy atom. The molecule has 0 saturated carbocycles. The standard InChI is InChI=1S/C14H22BrNO2S/c1-4-16-19(17,18)14-7-5-12(6-8-14)10-13(15)9-11(2)3/h5-8,11,13,16H,4,9-10H2,1-3H3. The molecule has 0 amide bonds. The highest BCUT2D eigenvalue weighted by atomic mass is 79.9. The quantitative estimate of drug-likeness (QED) is 0.769. The normalized spacial score (nSPS) is 13.7. The number of hydrogen-bond acceptors (Lipinski definition) is 2. The van der Waals surface area contributed by atoms with Crippen molar-refractivity contribution in [3.63, 3.8) is 0 Å². The molecule has 3 nitrogen and oxygen atoms in total. The average molecular weight is 348 g/mol. The number of halogens is 1. The van der Waals surface area contributed by atoms with Gasteiger partial charge in [-0.05, 0) is 36.5 Å². The third kappa shape index (κ3) is 5.63. The molecule has 0 aliphatic heterocycles. The Labute approximate surface area is 125 Å². The number of rotatable bonds is 7. The van der Waals surface area contributed by atoms with Gasteiger partial charge < -0.3 is 0 Å². The van der Waals surface area contributed by atoms with Gasteiger partial charge in [0.25, 0.3) is 0 Å². The lowest BCUT2D eigenvalue weighted by Gasteiger charge is -2.12. The van der Waals surface area contributed by atoms with E-state index >= 15 is 0 Å². The van der Waals surface area contributed by atoms with E-state index in [9.17, 15) is 8.42 Å². The smallest absolute Gasteiger partial charge is 0.211 e. The highest BCUT2D eigenvalue weighted by Crippen LogP contribution is 2.19. The minimum absolute atomic E-state index is 0.327. The highest BCUT2D eigenvalue weighted by molar-refractivity contribution is 9.09. The van der Waals surface area contributed by atoms with Gasteiger partial charge in [-0.15, -0.1) is 0 Å². The number of sulfonamides is 1. The maximum atomic E-state index is 11.8. The molecule has 0 fully saturated rings. The van der Waals surface area contributed by atoms with Crippen LogP contribution in [0.3, 0.4) is 0 Å². The van der Waals surface area contributed by atoms with Crippen molar-refractivity contribution in [1.82, 2.24) is 4.72 Å². The summed E-state index contributed by atoms with van der Waals surface area (Å²) >= 11 is 3.67. The zero-order chi connectivity index (χ0) is 14.5. The Morgan fingerprint density at radius 2 is 1.79 bits per heavy atom. The molecule has 0 saturated heterocycles. The van der Waals surface area contributed by atoms with Crippen LogP contribution in [0.1, 0.15) is 32.8 Å². The molecule has 0 heterocycles. The van der Waals surface area contributed by atoms with Crippen LogP contribution in [0.25, 0.3) is 0 Å². The minimum Gasteiger partial charge on any atom is -0.211 e. The third-order valence-corrected chi connectivity index (χ3v) is 5.01. The van der Waals surface area contributed by atoms with Crippen LogP contribution in [-0.2, 0) is 16.4 Å². The van der Waals surface area contributed by atoms with Gasteiger partial charge in [-0.3, -0.25) is 0 Å². The topological polar surface area (TPSA) is 46.2 Å². The van der Waals surface area contributed by atoms with Gasteiger partial charge in [-0.25, -0.2) is 13.1 Å². The van der Waals surface area contributed by atoms with E-state index in [-0.39, 0.29) is 0 Å². The lowest BCUT2D eigenvalue weighted by molar-refractivity contribution is 0.571. The Morgan fingerprint density at radius 1 is 1.21 bits per heavy atom. The molecule has 19 heavy (non-hydrogen) atoms. The molecule has 0 aromatic heterocycles. The van der Waals surface area contributed by atoms with Crippen LogP contribution in [0, 0.1) is 5.92 Å². The van der Waals surface area contributed by atoms with E-state index in [2.05, 4.69) is 34.5 Å². The summed E-state index contributed by atoms with van der Waals surface area (Å²) in [6.45, 7) is 6.57. The molecule has 0 aliphatic carbocycles. The van der Waals surface area contributed by atoms with Gasteiger partial charge in [0.15, 0.2) is 0 Å². The molecular weight excluding hydrogens is 326 g/mol. The van der Waals surface area contributed by atoms with E-state index in [1.165, 1.54) is 0 Å². The van der Waals surface area contributed by atoms with Crippen LogP contribution < -0.4 is 4.72 Å². The molecule has 1 atom stereocenters. The largest absolute Gasteiger partial charge is 0.240 e. The van der Waals surface area contributed by atoms with Crippen LogP contribution in [0.4, 0.5) is 0 Å². The van der Waals surface area contributed by atoms with Crippen LogP contribution in [0.2, 0.25) is 0 Å². The van der Waals surface area contributed by atoms with Crippen LogP contribution in [0.15, 0.2) is 29.2 Å². The summed E-state index contributed by atoms with van der Waals surface area (Å²) in [6.07, 6.45) is 2.02. The second-order valence-electron chi connectivity index (χ2n) is 5.08. The lowest BCUT2D eigenvalue weighted by atomic mass is 10.0. The summed E-state index contributed by atoms with van der Waals surface area (Å²) in [5.41, 5.74) is 1.15. The SMILES string of the molecule is CCNS(=O)(=O)c1ccc(CC(Br)CC(C)C)cc1. The molecule has 108 valence electrons. The zero-order valence-electron chi connectivity index (χ0n) is 11.7. The molecule has 1 aromatic carbocycles. The first-order chi connectivity index (χ1) is 8.85. The fraction of sp³-hybridized carbons (Fsp3) is 0.571. The second-order valence-corrected chi connectivity index (χ2v) is 8.14. The van der Waals surface area contributed by atoms with Crippen molar-refractivity contribution in [3.8, 4) is 0 Å². The Bertz CT molecular complexity index is 483. The molecule has 1 rings (SSSR count). The fourth-order valence-corrected chi connectivity index (χ4v) is 4.09. The van der Waals surface area contributed by atoms with Gasteiger partial charge in [0.05, 0.1) is 4.90 Å². The zero-order valence-corrected chi connectivity index (χ0v) is 14.1. The van der Waals surface area contributed by atoms with Gasteiger partial charge in [-0.2, -0.15) is 0 Å². The first kappa shape index (κ1) is 16.7. The summed E-state index contributed by atoms with van der Waals surface area (Å²) in [7, 11) is -3.34. The van der Waals surface area contributed by atoms with E-state index in [0.29, 0.717) is 22.2 Å². The summed E-state index contributed by atoms with van der Waals surface area (Å²) in [5, 5.41) is 0. The van der Waals surface area contributed by atoms with E-state index in [1.54, 1.807) is 19.1 Å². The van der Waals surface area contributed by atoms with Crippen LogP contribution >= 0.6 is 15.9 Å². The van der Waals surface area contributed by atoms with Gasteiger partial charge in [0.1, 0.15) is 0 Å². The molecule has 0 radical (unpaired) electrons. The number of benzene rings is 1. The first-order valence-electron chi connectivity index (χ1n) is 6.57. The molecule has 0 spiro atoms. The van der Waals surface area contributed by atoms with Crippen LogP contribution in [-0.4, -0.2) is 19.8 Å². The van der Waals surface area contributed by atoms with E-state index in [4.69, 9.17) is 0 Å². The molecule has 1 unspecified atom stereocenters. The van der Waals surface area contributed by atoms with Gasteiger partial charge >= 0.3 is 0 Å². The van der Waals surface area contributed by atoms with Crippen molar-refractivity contribution in [1.29, 1.82) is 0 Å². The number of hydrogen-bond donors (Lipinski definition) is 1. The number of alkyl halides is 1. The van der Waals surface area contributed by atoms with E-state index in [0.717, 1.165) is 18.4 Å². The molecule has 1 aromatic rings. The Balaban J connectivity index is 2.72. The lowest BCUT2D eigenvalue weighted by Crippen LogP contribution is -2.23.